The van der Waals surface area contributed by atoms with Gasteiger partial charge in [-0.05, 0) is 55.5 Å². The van der Waals surface area contributed by atoms with Gasteiger partial charge in [-0.1, -0.05) is 38.1 Å². The van der Waals surface area contributed by atoms with Crippen molar-refractivity contribution in [3.05, 3.63) is 66.5 Å². The van der Waals surface area contributed by atoms with E-state index in [1.165, 1.54) is 4.90 Å². The molecule has 11 nitrogen and oxygen atoms in total. The average Bonchev–Trinajstić information content (AvgIpc) is 2.96. The van der Waals surface area contributed by atoms with Crippen LogP contribution in [-0.4, -0.2) is 64.4 Å². The van der Waals surface area contributed by atoms with Crippen molar-refractivity contribution in [2.45, 2.75) is 39.7 Å². The van der Waals surface area contributed by atoms with Crippen LogP contribution in [0.5, 0.6) is 11.6 Å². The van der Waals surface area contributed by atoms with Crippen LogP contribution in [0.4, 0.5) is 16.4 Å². The van der Waals surface area contributed by atoms with Gasteiger partial charge in [-0.2, -0.15) is 0 Å². The molecule has 2 aromatic heterocycles. The zero-order valence-corrected chi connectivity index (χ0v) is 24.6. The highest BCUT2D eigenvalue weighted by Crippen LogP contribution is 2.39. The maximum Gasteiger partial charge on any atom is 0.407 e. The van der Waals surface area contributed by atoms with Crippen molar-refractivity contribution in [3.63, 3.8) is 0 Å². The van der Waals surface area contributed by atoms with Crippen molar-refractivity contribution in [1.29, 1.82) is 0 Å². The summed E-state index contributed by atoms with van der Waals surface area (Å²) >= 11 is 0. The summed E-state index contributed by atoms with van der Waals surface area (Å²) in [4.78, 5) is 26.5. The summed E-state index contributed by atoms with van der Waals surface area (Å²) in [6, 6.07) is 14.5. The zero-order valence-electron chi connectivity index (χ0n) is 23.7. The minimum Gasteiger partial charge on any atom is -0.465 e. The van der Waals surface area contributed by atoms with E-state index in [9.17, 15) is 18.3 Å². The molecule has 1 saturated heterocycles. The molecule has 5 rings (SSSR count). The number of piperidine rings is 1. The van der Waals surface area contributed by atoms with E-state index in [0.29, 0.717) is 59.4 Å². The van der Waals surface area contributed by atoms with Crippen molar-refractivity contribution in [3.8, 4) is 22.9 Å². The molecular formula is C30H34N6O5S. The number of nitrogens with zero attached hydrogens (tertiary/aromatic N) is 4. The Balaban J connectivity index is 1.46. The van der Waals surface area contributed by atoms with Crippen LogP contribution in [-0.2, 0) is 10.0 Å². The largest absolute Gasteiger partial charge is 0.465 e. The molecule has 3 N–H and O–H groups in total. The molecule has 12 heteroatoms. The average molecular weight is 591 g/mol. The van der Waals surface area contributed by atoms with Gasteiger partial charge in [0.25, 0.3) is 0 Å². The molecule has 42 heavy (non-hydrogen) atoms. The summed E-state index contributed by atoms with van der Waals surface area (Å²) in [5.41, 5.74) is 2.56. The number of hydrogen-bond donors (Lipinski definition) is 3. The molecule has 0 radical (unpaired) electrons. The SMILES string of the molecule is CCCS(=O)(=O)Nc1cccc2c(Oc3ncccc3-c3ccnc(NC4CN(C(=O)O)CCC4C)n3)c(C)ccc12. The van der Waals surface area contributed by atoms with Gasteiger partial charge in [0.15, 0.2) is 0 Å². The van der Waals surface area contributed by atoms with E-state index in [1.807, 2.05) is 38.1 Å². The monoisotopic (exact) mass is 590 g/mol. The molecule has 0 saturated carbocycles. The van der Waals surface area contributed by atoms with Gasteiger partial charge in [0, 0.05) is 42.3 Å². The first-order valence-electron chi connectivity index (χ1n) is 13.9. The topological polar surface area (TPSA) is 147 Å². The van der Waals surface area contributed by atoms with Crippen LogP contribution in [0, 0.1) is 12.8 Å². The second-order valence-corrected chi connectivity index (χ2v) is 12.3. The second-order valence-electron chi connectivity index (χ2n) is 10.5. The van der Waals surface area contributed by atoms with Crippen molar-refractivity contribution in [1.82, 2.24) is 19.9 Å². The number of anilines is 2. The van der Waals surface area contributed by atoms with E-state index in [0.717, 1.165) is 17.4 Å². The van der Waals surface area contributed by atoms with Crippen LogP contribution in [0.1, 0.15) is 32.3 Å². The molecule has 4 aromatic rings. The smallest absolute Gasteiger partial charge is 0.407 e. The fourth-order valence-electron chi connectivity index (χ4n) is 5.09. The van der Waals surface area contributed by atoms with Gasteiger partial charge in [-0.3, -0.25) is 4.72 Å². The Morgan fingerprint density at radius 2 is 1.93 bits per heavy atom. The number of sulfonamides is 1. The van der Waals surface area contributed by atoms with Crippen LogP contribution in [0.15, 0.2) is 60.9 Å². The first-order valence-corrected chi connectivity index (χ1v) is 15.5. The molecule has 0 spiro atoms. The number of amides is 1. The Kier molecular flexibility index (Phi) is 8.44. The summed E-state index contributed by atoms with van der Waals surface area (Å²) < 4.78 is 34.2. The normalized spacial score (nSPS) is 17.2. The van der Waals surface area contributed by atoms with E-state index in [4.69, 9.17) is 9.72 Å². The maximum absolute atomic E-state index is 12.5. The number of likely N-dealkylation sites (tertiary alicyclic amines) is 1. The lowest BCUT2D eigenvalue weighted by molar-refractivity contribution is 0.122. The Bertz CT molecular complexity index is 1710. The maximum atomic E-state index is 12.5. The van der Waals surface area contributed by atoms with E-state index in [-0.39, 0.29) is 17.7 Å². The number of pyridine rings is 1. The molecule has 2 atom stereocenters. The molecule has 2 unspecified atom stereocenters. The highest BCUT2D eigenvalue weighted by atomic mass is 32.2. The van der Waals surface area contributed by atoms with E-state index in [2.05, 4.69) is 26.9 Å². The van der Waals surface area contributed by atoms with Gasteiger partial charge in [0.1, 0.15) is 5.75 Å². The van der Waals surface area contributed by atoms with E-state index >= 15 is 0 Å². The quantitative estimate of drug-likeness (QED) is 0.222. The molecule has 1 fully saturated rings. The predicted molar refractivity (Wildman–Crippen MR) is 163 cm³/mol. The number of fused-ring (bicyclic) bond motifs is 1. The highest BCUT2D eigenvalue weighted by Gasteiger charge is 2.29. The molecular weight excluding hydrogens is 556 g/mol. The van der Waals surface area contributed by atoms with Crippen molar-refractivity contribution >= 4 is 38.5 Å². The van der Waals surface area contributed by atoms with E-state index < -0.39 is 16.1 Å². The van der Waals surface area contributed by atoms with E-state index in [1.54, 1.807) is 36.7 Å². The summed E-state index contributed by atoms with van der Waals surface area (Å²) in [7, 11) is -3.48. The third-order valence-electron chi connectivity index (χ3n) is 7.39. The minimum absolute atomic E-state index is 0.0309. The van der Waals surface area contributed by atoms with Gasteiger partial charge in [0.2, 0.25) is 21.9 Å². The summed E-state index contributed by atoms with van der Waals surface area (Å²) in [6.45, 7) is 6.68. The number of benzene rings is 2. The standard InChI is InChI=1S/C30H34N6O5S/c1-4-17-42(39,40)35-25-9-5-7-22-21(25)11-10-20(3)27(22)41-28-23(8-6-14-31-28)24-12-15-32-29(33-24)34-26-18-36(30(37)38)16-13-19(26)2/h5-12,14-15,19,26,35H,4,13,16-18H2,1-3H3,(H,37,38)(H,32,33,34). The molecule has 0 bridgehead atoms. The van der Waals surface area contributed by atoms with Gasteiger partial charge < -0.3 is 20.1 Å². The Hall–Kier alpha value is -4.45. The first-order chi connectivity index (χ1) is 20.1. The molecule has 220 valence electrons. The third-order valence-corrected chi connectivity index (χ3v) is 8.87. The molecule has 1 amide bonds. The fourth-order valence-corrected chi connectivity index (χ4v) is 6.24. The van der Waals surface area contributed by atoms with Crippen molar-refractivity contribution in [2.24, 2.45) is 5.92 Å². The predicted octanol–water partition coefficient (Wildman–Crippen LogP) is 5.74. The molecule has 1 aliphatic rings. The van der Waals surface area contributed by atoms with Gasteiger partial charge in [-0.25, -0.2) is 28.2 Å². The lowest BCUT2D eigenvalue weighted by atomic mass is 9.94. The zero-order chi connectivity index (χ0) is 29.9. The first kappa shape index (κ1) is 29.1. The number of aromatic nitrogens is 3. The minimum atomic E-state index is -3.48. The summed E-state index contributed by atoms with van der Waals surface area (Å²) in [6.07, 6.45) is 3.60. The Morgan fingerprint density at radius 3 is 2.71 bits per heavy atom. The number of carboxylic acid groups (broad SMARTS) is 1. The van der Waals surface area contributed by atoms with Gasteiger partial charge in [-0.15, -0.1) is 0 Å². The van der Waals surface area contributed by atoms with Crippen LogP contribution >= 0.6 is 0 Å². The van der Waals surface area contributed by atoms with Gasteiger partial charge >= 0.3 is 6.09 Å². The van der Waals surface area contributed by atoms with Crippen molar-refractivity contribution in [2.75, 3.05) is 28.9 Å². The van der Waals surface area contributed by atoms with Crippen LogP contribution in [0.25, 0.3) is 22.0 Å². The number of nitrogens with one attached hydrogen (secondary N) is 2. The second kappa shape index (κ2) is 12.2. The van der Waals surface area contributed by atoms with Crippen LogP contribution in [0.3, 0.4) is 0 Å². The fraction of sp³-hybridized carbons (Fsp3) is 0.333. The number of hydrogen-bond acceptors (Lipinski definition) is 8. The molecule has 3 heterocycles. The van der Waals surface area contributed by atoms with Crippen LogP contribution < -0.4 is 14.8 Å². The van der Waals surface area contributed by atoms with Gasteiger partial charge in [0.05, 0.1) is 22.7 Å². The van der Waals surface area contributed by atoms with Crippen molar-refractivity contribution < 1.29 is 23.1 Å². The summed E-state index contributed by atoms with van der Waals surface area (Å²) in [5.74, 6) is 1.55. The Morgan fingerprint density at radius 1 is 1.10 bits per heavy atom. The number of aryl methyl sites for hydroxylation is 1. The summed E-state index contributed by atoms with van der Waals surface area (Å²) in [5, 5.41) is 14.2. The Labute approximate surface area is 245 Å². The highest BCUT2D eigenvalue weighted by molar-refractivity contribution is 7.92. The number of carbonyl (C=O) groups is 1. The molecule has 2 aromatic carbocycles. The third kappa shape index (κ3) is 6.38. The van der Waals surface area contributed by atoms with Crippen LogP contribution in [0.2, 0.25) is 0 Å². The molecule has 1 aliphatic heterocycles. The lowest BCUT2D eigenvalue weighted by Crippen LogP contribution is -2.48. The molecule has 0 aliphatic carbocycles. The number of rotatable bonds is 9. The number of ether oxygens (including phenoxy) is 1. The lowest BCUT2D eigenvalue weighted by Gasteiger charge is -2.35.